The average molecular weight is 405 g/mol. The van der Waals surface area contributed by atoms with E-state index in [1.807, 2.05) is 0 Å². The Morgan fingerprint density at radius 3 is 1.08 bits per heavy atom. The monoisotopic (exact) mass is 405 g/mol. The molecule has 4 N–H and O–H groups in total. The van der Waals surface area contributed by atoms with Crippen LogP contribution in [0.5, 0.6) is 0 Å². The van der Waals surface area contributed by atoms with E-state index in [-0.39, 0.29) is 27.2 Å². The minimum absolute atomic E-state index is 0. The molecule has 0 aliphatic carbocycles. The van der Waals surface area contributed by atoms with E-state index >= 15 is 0 Å². The van der Waals surface area contributed by atoms with Crippen LogP contribution in [0.2, 0.25) is 0 Å². The summed E-state index contributed by atoms with van der Waals surface area (Å²) < 4.78 is 61.5. The predicted molar refractivity (Wildman–Crippen MR) is 27.5 cm³/mol. The van der Waals surface area contributed by atoms with Gasteiger partial charge in [-0.05, 0) is 0 Å². The molecule has 0 radical (unpaired) electrons. The summed E-state index contributed by atoms with van der Waals surface area (Å²) in [6.45, 7) is 0. The Hall–Kier alpha value is 0.388. The Balaban J connectivity index is -0.000000405. The molecule has 12 heteroatoms. The van der Waals surface area contributed by atoms with Crippen LogP contribution in [0.25, 0.3) is 0 Å². The standard InChI is InChI=1S/H3N.H2O8S2.Pt/c;1-9(2,3)7-8-10(4,5)6;/h1H3;(H,1,2,3)(H,4,5,6);/p-1. The van der Waals surface area contributed by atoms with E-state index in [1.54, 1.807) is 0 Å². The van der Waals surface area contributed by atoms with Gasteiger partial charge in [-0.25, -0.2) is 16.8 Å². The zero-order valence-electron chi connectivity index (χ0n) is 5.40. The summed E-state index contributed by atoms with van der Waals surface area (Å²) in [5, 5.41) is 0. The van der Waals surface area contributed by atoms with Gasteiger partial charge in [-0.2, -0.15) is 0 Å². The number of hydrogen-bond acceptors (Lipinski definition) is 8. The topological polar surface area (TPSA) is 169 Å². The van der Waals surface area contributed by atoms with Crippen LogP contribution in [0.4, 0.5) is 0 Å². The molecule has 0 saturated carbocycles. The third-order valence-electron chi connectivity index (χ3n) is 0.194. The summed E-state index contributed by atoms with van der Waals surface area (Å²) in [5.74, 6) is 0. The molecule has 0 rings (SSSR count). The van der Waals surface area contributed by atoms with Crippen molar-refractivity contribution in [3.05, 3.63) is 0 Å². The molecule has 0 heterocycles. The van der Waals surface area contributed by atoms with Gasteiger partial charge in [-0.15, -0.1) is 8.67 Å². The molecule has 0 aromatic carbocycles. The molecule has 0 amide bonds. The third-order valence-corrected chi connectivity index (χ3v) is 0.750. The van der Waals surface area contributed by atoms with E-state index in [0.29, 0.717) is 0 Å². The molecule has 0 bridgehead atoms. The van der Waals surface area contributed by atoms with E-state index < -0.39 is 20.8 Å². The molecular formula is H4NO8PtS2-. The molecule has 0 fully saturated rings. The summed E-state index contributed by atoms with van der Waals surface area (Å²) in [6.07, 6.45) is 0. The Morgan fingerprint density at radius 2 is 1.00 bits per heavy atom. The van der Waals surface area contributed by atoms with Gasteiger partial charge in [0.05, 0.1) is 0 Å². The van der Waals surface area contributed by atoms with Gasteiger partial charge in [0.25, 0.3) is 0 Å². The summed E-state index contributed by atoms with van der Waals surface area (Å²) in [6, 6.07) is 0. The largest absolute Gasteiger partial charge is 0.724 e. The molecule has 0 aromatic heterocycles. The van der Waals surface area contributed by atoms with Gasteiger partial charge in [0, 0.05) is 21.1 Å². The van der Waals surface area contributed by atoms with Gasteiger partial charge < -0.3 is 15.3 Å². The summed E-state index contributed by atoms with van der Waals surface area (Å²) in [5.41, 5.74) is 0. The van der Waals surface area contributed by atoms with Crippen LogP contribution in [0.3, 0.4) is 0 Å². The summed E-state index contributed by atoms with van der Waals surface area (Å²) in [7, 11) is -10.6. The van der Waals surface area contributed by atoms with Gasteiger partial charge in [-0.3, -0.25) is 0 Å². The van der Waals surface area contributed by atoms with E-state index in [2.05, 4.69) is 8.67 Å². The van der Waals surface area contributed by atoms with Crippen LogP contribution in [-0.4, -0.2) is 25.9 Å². The SMILES string of the molecule is O=S(=O)([O-])OOS(=O)(=O)[O-].[NH4+].[Pt]. The molecule has 0 aliphatic heterocycles. The minimum Gasteiger partial charge on any atom is -0.724 e. The van der Waals surface area contributed by atoms with Crippen LogP contribution in [-0.2, 0) is 50.5 Å². The average Bonchev–Trinajstić information content (AvgIpc) is 1.57. The van der Waals surface area contributed by atoms with E-state index in [9.17, 15) is 25.9 Å². The van der Waals surface area contributed by atoms with Crippen molar-refractivity contribution in [2.24, 2.45) is 0 Å². The summed E-state index contributed by atoms with van der Waals surface area (Å²) >= 11 is 0. The first kappa shape index (κ1) is 18.2. The third kappa shape index (κ3) is 16.8. The van der Waals surface area contributed by atoms with Crippen LogP contribution in [0, 0.1) is 0 Å². The van der Waals surface area contributed by atoms with Crippen molar-refractivity contribution in [1.29, 1.82) is 0 Å². The Labute approximate surface area is 82.7 Å². The second kappa shape index (κ2) is 5.94. The normalized spacial score (nSPS) is 11.2. The first-order chi connectivity index (χ1) is 4.21. The van der Waals surface area contributed by atoms with Crippen molar-refractivity contribution < 1.29 is 55.7 Å². The van der Waals surface area contributed by atoms with Crippen LogP contribution in [0.1, 0.15) is 0 Å². The fourth-order valence-corrected chi connectivity index (χ4v) is 0.612. The van der Waals surface area contributed by atoms with Crippen molar-refractivity contribution in [3.8, 4) is 0 Å². The second-order valence-corrected chi connectivity index (χ2v) is 2.86. The molecule has 80 valence electrons. The maximum absolute atomic E-state index is 9.37. The zero-order chi connectivity index (χ0) is 8.41. The van der Waals surface area contributed by atoms with Crippen LogP contribution < -0.4 is 6.15 Å². The molecule has 0 spiro atoms. The van der Waals surface area contributed by atoms with Crippen LogP contribution >= 0.6 is 0 Å². The van der Waals surface area contributed by atoms with Crippen molar-refractivity contribution in [2.75, 3.05) is 0 Å². The quantitative estimate of drug-likeness (QED) is 0.249. The van der Waals surface area contributed by atoms with Gasteiger partial charge in [0.1, 0.15) is 0 Å². The van der Waals surface area contributed by atoms with Gasteiger partial charge >= 0.3 is 0 Å². The fraction of sp³-hybridized carbons (Fsp3) is 0. The number of hydrogen-bond donors (Lipinski definition) is 1. The van der Waals surface area contributed by atoms with E-state index in [0.717, 1.165) is 0 Å². The van der Waals surface area contributed by atoms with Crippen molar-refractivity contribution in [3.63, 3.8) is 0 Å². The Bertz CT molecular complexity index is 253. The van der Waals surface area contributed by atoms with Crippen molar-refractivity contribution in [1.82, 2.24) is 6.15 Å². The first-order valence-corrected chi connectivity index (χ1v) is 4.17. The molecule has 0 unspecified atom stereocenters. The zero-order valence-corrected chi connectivity index (χ0v) is 9.30. The minimum atomic E-state index is -5.31. The second-order valence-electron chi connectivity index (χ2n) is 0.953. The summed E-state index contributed by atoms with van der Waals surface area (Å²) in [4.78, 5) is 0. The van der Waals surface area contributed by atoms with Crippen molar-refractivity contribution in [2.45, 2.75) is 0 Å². The molecule has 0 aliphatic rings. The maximum atomic E-state index is 9.37. The molecule has 0 saturated heterocycles. The number of quaternary nitrogens is 1. The molecule has 12 heavy (non-hydrogen) atoms. The number of rotatable bonds is 3. The molecule has 0 atom stereocenters. The Morgan fingerprint density at radius 1 is 0.833 bits per heavy atom. The van der Waals surface area contributed by atoms with E-state index in [4.69, 9.17) is 0 Å². The van der Waals surface area contributed by atoms with Gasteiger partial charge in [0.15, 0.2) is 0 Å². The van der Waals surface area contributed by atoms with Gasteiger partial charge in [0.2, 0.25) is 20.8 Å². The first-order valence-electron chi connectivity index (χ1n) is 1.50. The molecule has 0 aromatic rings. The van der Waals surface area contributed by atoms with Crippen molar-refractivity contribution >= 4 is 20.8 Å². The van der Waals surface area contributed by atoms with Crippen LogP contribution in [0.15, 0.2) is 0 Å². The maximum Gasteiger partial charge on any atom is 0.246 e. The molecule has 9 nitrogen and oxygen atoms in total. The predicted octanol–water partition coefficient (Wildman–Crippen LogP) is -1.77. The molecular weight excluding hydrogens is 401 g/mol. The fourth-order valence-electron chi connectivity index (χ4n) is 0.0680. The smallest absolute Gasteiger partial charge is 0.246 e. The van der Waals surface area contributed by atoms with E-state index in [1.165, 1.54) is 0 Å². The Kier molecular flexibility index (Phi) is 9.02. The van der Waals surface area contributed by atoms with Gasteiger partial charge in [-0.1, -0.05) is 0 Å².